The molecule has 144 valence electrons. The first-order valence-corrected chi connectivity index (χ1v) is 10.4. The summed E-state index contributed by atoms with van der Waals surface area (Å²) in [4.78, 5) is 16.4. The summed E-state index contributed by atoms with van der Waals surface area (Å²) >= 11 is 0. The predicted octanol–water partition coefficient (Wildman–Crippen LogP) is 0.290. The molecular formula is C17H25N3O5S. The van der Waals surface area contributed by atoms with Gasteiger partial charge < -0.3 is 19.3 Å². The second-order valence-corrected chi connectivity index (χ2v) is 8.04. The van der Waals surface area contributed by atoms with Crippen LogP contribution in [-0.2, 0) is 14.8 Å². The van der Waals surface area contributed by atoms with Crippen LogP contribution in [0.15, 0.2) is 23.1 Å². The van der Waals surface area contributed by atoms with Crippen molar-refractivity contribution in [1.82, 2.24) is 14.5 Å². The van der Waals surface area contributed by atoms with Crippen molar-refractivity contribution < 1.29 is 22.7 Å². The van der Waals surface area contributed by atoms with E-state index in [-0.39, 0.29) is 23.8 Å². The van der Waals surface area contributed by atoms with E-state index in [1.165, 1.54) is 12.1 Å². The van der Waals surface area contributed by atoms with Crippen LogP contribution < -0.4 is 14.2 Å². The lowest BCUT2D eigenvalue weighted by atomic mass is 10.3. The van der Waals surface area contributed by atoms with Gasteiger partial charge >= 0.3 is 0 Å². The highest BCUT2D eigenvalue weighted by molar-refractivity contribution is 7.89. The van der Waals surface area contributed by atoms with Crippen molar-refractivity contribution in [3.63, 3.8) is 0 Å². The Kier molecular flexibility index (Phi) is 6.00. The number of hydrogen-bond acceptors (Lipinski definition) is 6. The molecule has 1 aromatic carbocycles. The summed E-state index contributed by atoms with van der Waals surface area (Å²) in [6.45, 7) is 7.13. The quantitative estimate of drug-likeness (QED) is 0.760. The van der Waals surface area contributed by atoms with E-state index in [0.717, 1.165) is 19.6 Å². The standard InChI is InChI=1S/C17H25N3O5S/c1-2-19-7-9-20(10-8-19)17(21)5-6-18-26(22,23)14-3-4-15-16(13-14)25-12-11-24-15/h3-4,13,18H,2,5-12H2,1H3. The number of rotatable bonds is 6. The number of ether oxygens (including phenoxy) is 2. The molecule has 0 bridgehead atoms. The summed E-state index contributed by atoms with van der Waals surface area (Å²) in [5.41, 5.74) is 0. The molecule has 0 aromatic heterocycles. The third-order valence-corrected chi connectivity index (χ3v) is 6.09. The lowest BCUT2D eigenvalue weighted by Crippen LogP contribution is -2.49. The summed E-state index contributed by atoms with van der Waals surface area (Å²) in [7, 11) is -3.70. The summed E-state index contributed by atoms with van der Waals surface area (Å²) < 4.78 is 38.1. The number of nitrogens with one attached hydrogen (secondary N) is 1. The molecule has 1 fully saturated rings. The van der Waals surface area contributed by atoms with Gasteiger partial charge in [-0.1, -0.05) is 6.92 Å². The van der Waals surface area contributed by atoms with Crippen molar-refractivity contribution >= 4 is 15.9 Å². The zero-order valence-electron chi connectivity index (χ0n) is 14.9. The number of piperazine rings is 1. The topological polar surface area (TPSA) is 88.2 Å². The Balaban J connectivity index is 1.51. The predicted molar refractivity (Wildman–Crippen MR) is 95.9 cm³/mol. The van der Waals surface area contributed by atoms with Gasteiger partial charge in [0.15, 0.2) is 11.5 Å². The van der Waals surface area contributed by atoms with Crippen LogP contribution in [0.1, 0.15) is 13.3 Å². The second-order valence-electron chi connectivity index (χ2n) is 6.27. The zero-order valence-corrected chi connectivity index (χ0v) is 15.8. The average Bonchev–Trinajstić information content (AvgIpc) is 2.67. The van der Waals surface area contributed by atoms with E-state index in [1.807, 2.05) is 0 Å². The van der Waals surface area contributed by atoms with E-state index >= 15 is 0 Å². The second kappa shape index (κ2) is 8.24. The van der Waals surface area contributed by atoms with Gasteiger partial charge in [-0.25, -0.2) is 13.1 Å². The lowest BCUT2D eigenvalue weighted by molar-refractivity contribution is -0.132. The normalized spacial score (nSPS) is 18.0. The molecule has 1 aromatic rings. The van der Waals surface area contributed by atoms with Crippen LogP contribution in [0.4, 0.5) is 0 Å². The fraction of sp³-hybridized carbons (Fsp3) is 0.588. The maximum atomic E-state index is 12.4. The minimum atomic E-state index is -3.70. The molecule has 0 saturated carbocycles. The van der Waals surface area contributed by atoms with Crippen LogP contribution in [0.3, 0.4) is 0 Å². The largest absolute Gasteiger partial charge is 0.486 e. The Morgan fingerprint density at radius 3 is 2.50 bits per heavy atom. The zero-order chi connectivity index (χ0) is 18.6. The van der Waals surface area contributed by atoms with Gasteiger partial charge in [0.25, 0.3) is 0 Å². The molecule has 2 aliphatic heterocycles. The first-order chi connectivity index (χ1) is 12.5. The summed E-state index contributed by atoms with van der Waals surface area (Å²) in [6, 6.07) is 4.51. The molecule has 0 atom stereocenters. The molecule has 2 heterocycles. The molecule has 9 heteroatoms. The number of likely N-dealkylation sites (N-methyl/N-ethyl adjacent to an activating group) is 1. The van der Waals surface area contributed by atoms with Gasteiger partial charge in [0.05, 0.1) is 4.90 Å². The van der Waals surface area contributed by atoms with Crippen LogP contribution in [0.2, 0.25) is 0 Å². The van der Waals surface area contributed by atoms with Gasteiger partial charge in [0, 0.05) is 45.2 Å². The smallest absolute Gasteiger partial charge is 0.240 e. The lowest BCUT2D eigenvalue weighted by Gasteiger charge is -2.34. The SMILES string of the molecule is CCN1CCN(C(=O)CCNS(=O)(=O)c2ccc3c(c2)OCCO3)CC1. The molecule has 26 heavy (non-hydrogen) atoms. The number of amides is 1. The van der Waals surface area contributed by atoms with E-state index in [2.05, 4.69) is 16.5 Å². The third kappa shape index (κ3) is 4.46. The van der Waals surface area contributed by atoms with Crippen LogP contribution in [0.25, 0.3) is 0 Å². The molecule has 1 N–H and O–H groups in total. The number of carbonyl (C=O) groups is 1. The van der Waals surface area contributed by atoms with Crippen molar-refractivity contribution in [2.45, 2.75) is 18.2 Å². The van der Waals surface area contributed by atoms with Gasteiger partial charge in [0.1, 0.15) is 13.2 Å². The molecule has 0 radical (unpaired) electrons. The third-order valence-electron chi connectivity index (χ3n) is 4.63. The molecule has 2 aliphatic rings. The van der Waals surface area contributed by atoms with E-state index in [1.54, 1.807) is 11.0 Å². The van der Waals surface area contributed by atoms with Gasteiger partial charge in [-0.3, -0.25) is 4.79 Å². The number of fused-ring (bicyclic) bond motifs is 1. The molecule has 0 unspecified atom stereocenters. The number of benzene rings is 1. The maximum Gasteiger partial charge on any atom is 0.240 e. The van der Waals surface area contributed by atoms with Crippen molar-refractivity contribution in [1.29, 1.82) is 0 Å². The Hall–Kier alpha value is -1.84. The molecule has 0 spiro atoms. The molecule has 3 rings (SSSR count). The fourth-order valence-electron chi connectivity index (χ4n) is 3.04. The number of nitrogens with zero attached hydrogens (tertiary/aromatic N) is 2. The Morgan fingerprint density at radius 1 is 1.12 bits per heavy atom. The Morgan fingerprint density at radius 2 is 1.81 bits per heavy atom. The van der Waals surface area contributed by atoms with Gasteiger partial charge in [-0.05, 0) is 18.7 Å². The number of hydrogen-bond donors (Lipinski definition) is 1. The minimum Gasteiger partial charge on any atom is -0.486 e. The van der Waals surface area contributed by atoms with E-state index < -0.39 is 10.0 Å². The summed E-state index contributed by atoms with van der Waals surface area (Å²) in [5, 5.41) is 0. The van der Waals surface area contributed by atoms with Gasteiger partial charge in [-0.2, -0.15) is 0 Å². The summed E-state index contributed by atoms with van der Waals surface area (Å²) in [6.07, 6.45) is 0.149. The fourth-order valence-corrected chi connectivity index (χ4v) is 4.08. The average molecular weight is 383 g/mol. The number of carbonyl (C=O) groups excluding carboxylic acids is 1. The monoisotopic (exact) mass is 383 g/mol. The highest BCUT2D eigenvalue weighted by Gasteiger charge is 2.22. The highest BCUT2D eigenvalue weighted by Crippen LogP contribution is 2.32. The molecule has 1 saturated heterocycles. The minimum absolute atomic E-state index is 0.0226. The van der Waals surface area contributed by atoms with Crippen LogP contribution in [0.5, 0.6) is 11.5 Å². The van der Waals surface area contributed by atoms with Crippen molar-refractivity contribution in [3.8, 4) is 11.5 Å². The van der Waals surface area contributed by atoms with E-state index in [9.17, 15) is 13.2 Å². The first-order valence-electron chi connectivity index (χ1n) is 8.89. The van der Waals surface area contributed by atoms with E-state index in [0.29, 0.717) is 37.8 Å². The summed E-state index contributed by atoms with van der Waals surface area (Å²) in [5.74, 6) is 0.936. The Labute approximate surface area is 154 Å². The first kappa shape index (κ1) is 18.9. The van der Waals surface area contributed by atoms with Gasteiger partial charge in [0.2, 0.25) is 15.9 Å². The highest BCUT2D eigenvalue weighted by atomic mass is 32.2. The van der Waals surface area contributed by atoms with Crippen molar-refractivity contribution in [2.75, 3.05) is 52.5 Å². The molecular weight excluding hydrogens is 358 g/mol. The van der Waals surface area contributed by atoms with E-state index in [4.69, 9.17) is 9.47 Å². The van der Waals surface area contributed by atoms with Crippen LogP contribution in [-0.4, -0.2) is 76.6 Å². The molecule has 0 aliphatic carbocycles. The van der Waals surface area contributed by atoms with Crippen LogP contribution >= 0.6 is 0 Å². The molecule has 8 nitrogen and oxygen atoms in total. The van der Waals surface area contributed by atoms with Crippen molar-refractivity contribution in [2.24, 2.45) is 0 Å². The number of sulfonamides is 1. The van der Waals surface area contributed by atoms with Crippen LogP contribution in [0, 0.1) is 0 Å². The maximum absolute atomic E-state index is 12.4. The van der Waals surface area contributed by atoms with Gasteiger partial charge in [-0.15, -0.1) is 0 Å². The molecule has 1 amide bonds. The van der Waals surface area contributed by atoms with Crippen molar-refractivity contribution in [3.05, 3.63) is 18.2 Å². The Bertz CT molecular complexity index is 745.